The minimum absolute atomic E-state index is 0.122. The van der Waals surface area contributed by atoms with E-state index in [4.69, 9.17) is 4.74 Å². The summed E-state index contributed by atoms with van der Waals surface area (Å²) >= 11 is 0. The molecule has 3 N–H and O–H groups in total. The number of aryl methyl sites for hydroxylation is 1. The lowest BCUT2D eigenvalue weighted by atomic mass is 9.89. The molecule has 0 spiro atoms. The van der Waals surface area contributed by atoms with Gasteiger partial charge in [0.05, 0.1) is 18.8 Å². The van der Waals surface area contributed by atoms with Crippen LogP contribution in [0.15, 0.2) is 66.7 Å². The third-order valence-electron chi connectivity index (χ3n) is 8.49. The number of nitrogens with one attached hydrogen (secondary N) is 3. The zero-order chi connectivity index (χ0) is 29.3. The first-order chi connectivity index (χ1) is 20.5. The first-order valence-electron chi connectivity index (χ1n) is 15.1. The Hall–Kier alpha value is -3.88. The van der Waals surface area contributed by atoms with Gasteiger partial charge in [-0.15, -0.1) is 0 Å². The molecular formula is C34H43N5O3. The molecule has 0 aromatic heterocycles. The fraction of sp³-hybridized carbons (Fsp3) is 0.412. The molecule has 8 heteroatoms. The van der Waals surface area contributed by atoms with Gasteiger partial charge in [-0.05, 0) is 80.0 Å². The zero-order valence-electron chi connectivity index (χ0n) is 24.8. The highest BCUT2D eigenvalue weighted by Gasteiger charge is 2.24. The monoisotopic (exact) mass is 569 g/mol. The van der Waals surface area contributed by atoms with E-state index in [0.717, 1.165) is 87.7 Å². The molecule has 2 fully saturated rings. The molecule has 3 amide bonds. The van der Waals surface area contributed by atoms with Gasteiger partial charge >= 0.3 is 6.03 Å². The van der Waals surface area contributed by atoms with Crippen molar-refractivity contribution in [1.29, 1.82) is 0 Å². The van der Waals surface area contributed by atoms with Crippen LogP contribution in [0.3, 0.4) is 0 Å². The average molecular weight is 570 g/mol. The van der Waals surface area contributed by atoms with Crippen molar-refractivity contribution >= 4 is 29.0 Å². The largest absolute Gasteiger partial charge is 0.379 e. The van der Waals surface area contributed by atoms with Crippen LogP contribution in [0.25, 0.3) is 0 Å². The summed E-state index contributed by atoms with van der Waals surface area (Å²) in [7, 11) is 0. The summed E-state index contributed by atoms with van der Waals surface area (Å²) in [5.74, 6) is 0.507. The maximum atomic E-state index is 13.6. The van der Waals surface area contributed by atoms with Gasteiger partial charge in [0, 0.05) is 56.3 Å². The summed E-state index contributed by atoms with van der Waals surface area (Å²) in [5, 5.41) is 9.00. The lowest BCUT2D eigenvalue weighted by Crippen LogP contribution is -2.41. The predicted octanol–water partition coefficient (Wildman–Crippen LogP) is 5.47. The predicted molar refractivity (Wildman–Crippen MR) is 170 cm³/mol. The molecule has 0 atom stereocenters. The maximum Gasteiger partial charge on any atom is 0.323 e. The number of nitrogens with zero attached hydrogens (tertiary/aromatic N) is 2. The summed E-state index contributed by atoms with van der Waals surface area (Å²) in [6.07, 6.45) is 3.23. The number of benzene rings is 3. The Morgan fingerprint density at radius 1 is 0.881 bits per heavy atom. The van der Waals surface area contributed by atoms with Crippen LogP contribution in [0.4, 0.5) is 21.9 Å². The van der Waals surface area contributed by atoms with Crippen LogP contribution < -0.4 is 20.9 Å². The maximum absolute atomic E-state index is 13.6. The van der Waals surface area contributed by atoms with Gasteiger partial charge < -0.3 is 25.6 Å². The first kappa shape index (κ1) is 29.6. The molecule has 0 unspecified atom stereocenters. The summed E-state index contributed by atoms with van der Waals surface area (Å²) in [6.45, 7) is 10.4. The van der Waals surface area contributed by atoms with Crippen LogP contribution in [0, 0.1) is 19.8 Å². The van der Waals surface area contributed by atoms with Gasteiger partial charge in [-0.3, -0.25) is 9.69 Å². The molecule has 8 nitrogen and oxygen atoms in total. The quantitative estimate of drug-likeness (QED) is 0.318. The second kappa shape index (κ2) is 14.3. The fourth-order valence-corrected chi connectivity index (χ4v) is 5.82. The van der Waals surface area contributed by atoms with Crippen molar-refractivity contribution in [2.75, 3.05) is 68.0 Å². The number of ether oxygens (including phenoxy) is 1. The van der Waals surface area contributed by atoms with Gasteiger partial charge in [-0.1, -0.05) is 42.5 Å². The Morgan fingerprint density at radius 2 is 1.64 bits per heavy atom. The normalized spacial score (nSPS) is 16.2. The highest BCUT2D eigenvalue weighted by Crippen LogP contribution is 2.30. The lowest BCUT2D eigenvalue weighted by Gasteiger charge is -2.35. The molecule has 2 aliphatic heterocycles. The SMILES string of the molecule is Cc1cccc(NC(=O)Nc2ccc(N3CCC(Cc4ccccc4)CC3)c(C(=O)NCCN3CCOCC3)c2)c1C. The second-order valence-corrected chi connectivity index (χ2v) is 11.4. The number of piperidine rings is 1. The van der Waals surface area contributed by atoms with Gasteiger partial charge in [0.25, 0.3) is 5.91 Å². The minimum Gasteiger partial charge on any atom is -0.379 e. The summed E-state index contributed by atoms with van der Waals surface area (Å²) in [6, 6.07) is 21.8. The molecule has 3 aromatic carbocycles. The Morgan fingerprint density at radius 3 is 2.40 bits per heavy atom. The molecule has 0 radical (unpaired) electrons. The molecule has 0 aliphatic carbocycles. The van der Waals surface area contributed by atoms with E-state index in [0.29, 0.717) is 23.7 Å². The van der Waals surface area contributed by atoms with Crippen molar-refractivity contribution in [2.24, 2.45) is 5.92 Å². The van der Waals surface area contributed by atoms with E-state index < -0.39 is 0 Å². The first-order valence-corrected chi connectivity index (χ1v) is 15.1. The Bertz CT molecular complexity index is 1350. The van der Waals surface area contributed by atoms with Crippen LogP contribution >= 0.6 is 0 Å². The Balaban J connectivity index is 1.27. The third-order valence-corrected chi connectivity index (χ3v) is 8.49. The van der Waals surface area contributed by atoms with E-state index in [-0.39, 0.29) is 11.9 Å². The van der Waals surface area contributed by atoms with Crippen molar-refractivity contribution in [3.8, 4) is 0 Å². The van der Waals surface area contributed by atoms with E-state index >= 15 is 0 Å². The zero-order valence-corrected chi connectivity index (χ0v) is 24.8. The van der Waals surface area contributed by atoms with Crippen LogP contribution in [0.1, 0.15) is 39.9 Å². The van der Waals surface area contributed by atoms with Crippen LogP contribution in [-0.2, 0) is 11.2 Å². The number of hydrogen-bond acceptors (Lipinski definition) is 5. The Kier molecular flexibility index (Phi) is 10.1. The van der Waals surface area contributed by atoms with E-state index in [1.807, 2.05) is 44.2 Å². The van der Waals surface area contributed by atoms with Gasteiger partial charge in [0.2, 0.25) is 0 Å². The molecule has 5 rings (SSSR count). The molecule has 222 valence electrons. The topological polar surface area (TPSA) is 85.9 Å². The van der Waals surface area contributed by atoms with Crippen molar-refractivity contribution < 1.29 is 14.3 Å². The van der Waals surface area contributed by atoms with Crippen LogP contribution in [0.5, 0.6) is 0 Å². The lowest BCUT2D eigenvalue weighted by molar-refractivity contribution is 0.0383. The third kappa shape index (κ3) is 7.89. The number of amides is 3. The summed E-state index contributed by atoms with van der Waals surface area (Å²) in [5.41, 5.74) is 6.37. The van der Waals surface area contributed by atoms with E-state index in [1.54, 1.807) is 6.07 Å². The molecule has 0 bridgehead atoms. The number of urea groups is 1. The average Bonchev–Trinajstić information content (AvgIpc) is 3.01. The van der Waals surface area contributed by atoms with Crippen molar-refractivity contribution in [2.45, 2.75) is 33.1 Å². The van der Waals surface area contributed by atoms with Crippen LogP contribution in [-0.4, -0.2) is 69.3 Å². The van der Waals surface area contributed by atoms with E-state index in [9.17, 15) is 9.59 Å². The standard InChI is InChI=1S/C34H43N5O3/c1-25-7-6-10-31(26(25)2)37-34(41)36-29-11-12-32(30(24-29)33(40)35-15-18-38-19-21-42-22-20-38)39-16-13-28(14-17-39)23-27-8-4-3-5-9-27/h3-12,24,28H,13-23H2,1-2H3,(H,35,40)(H2,36,37,41). The molecule has 2 heterocycles. The molecule has 2 saturated heterocycles. The Labute approximate surface area is 249 Å². The fourth-order valence-electron chi connectivity index (χ4n) is 5.82. The number of carbonyl (C=O) groups excluding carboxylic acids is 2. The molecule has 0 saturated carbocycles. The number of morpholine rings is 1. The summed E-state index contributed by atoms with van der Waals surface area (Å²) in [4.78, 5) is 31.1. The van der Waals surface area contributed by atoms with Crippen LogP contribution in [0.2, 0.25) is 0 Å². The second-order valence-electron chi connectivity index (χ2n) is 11.4. The number of rotatable bonds is 9. The van der Waals surface area contributed by atoms with E-state index in [1.165, 1.54) is 5.56 Å². The number of carbonyl (C=O) groups is 2. The van der Waals surface area contributed by atoms with Gasteiger partial charge in [0.15, 0.2) is 0 Å². The van der Waals surface area contributed by atoms with Gasteiger partial charge in [-0.25, -0.2) is 4.79 Å². The van der Waals surface area contributed by atoms with Crippen molar-refractivity contribution in [3.63, 3.8) is 0 Å². The molecule has 42 heavy (non-hydrogen) atoms. The van der Waals surface area contributed by atoms with Crippen molar-refractivity contribution in [1.82, 2.24) is 10.2 Å². The van der Waals surface area contributed by atoms with Gasteiger partial charge in [-0.2, -0.15) is 0 Å². The number of anilines is 3. The molecule has 2 aliphatic rings. The smallest absolute Gasteiger partial charge is 0.323 e. The highest BCUT2D eigenvalue weighted by atomic mass is 16.5. The van der Waals surface area contributed by atoms with Gasteiger partial charge in [0.1, 0.15) is 0 Å². The minimum atomic E-state index is -0.336. The van der Waals surface area contributed by atoms with Crippen molar-refractivity contribution in [3.05, 3.63) is 89.0 Å². The number of hydrogen-bond donors (Lipinski definition) is 3. The molecular weight excluding hydrogens is 526 g/mol. The highest BCUT2D eigenvalue weighted by molar-refractivity contribution is 6.04. The summed E-state index contributed by atoms with van der Waals surface area (Å²) < 4.78 is 5.44. The van der Waals surface area contributed by atoms with E-state index in [2.05, 4.69) is 56.1 Å². The molecule has 3 aromatic rings.